The zero-order chi connectivity index (χ0) is 62.2. The van der Waals surface area contributed by atoms with Crippen LogP contribution < -0.4 is 47.7 Å². The minimum Gasteiger partial charge on any atom is -0.494 e. The van der Waals surface area contributed by atoms with Gasteiger partial charge in [0.05, 0.1) is 66.4 Å². The molecule has 0 saturated carbocycles. The molecule has 2 aromatic heterocycles. The molecule has 2 heterocycles. The normalized spacial score (nSPS) is 11.1. The van der Waals surface area contributed by atoms with Gasteiger partial charge in [0.15, 0.2) is 56.4 Å². The summed E-state index contributed by atoms with van der Waals surface area (Å²) in [6.07, 6.45) is 3.22. The summed E-state index contributed by atoms with van der Waals surface area (Å²) in [5.74, 6) is -0.187. The van der Waals surface area contributed by atoms with Gasteiger partial charge in [0.1, 0.15) is 59.6 Å². The molecule has 0 atom stereocenters. The molecule has 10 rings (SSSR count). The molecule has 8 aromatic carbocycles. The van der Waals surface area contributed by atoms with Crippen LogP contribution in [0.5, 0.6) is 46.0 Å². The van der Waals surface area contributed by atoms with Gasteiger partial charge < -0.3 is 47.7 Å². The van der Waals surface area contributed by atoms with Crippen LogP contribution in [0.4, 0.5) is 49.4 Å². The van der Waals surface area contributed by atoms with Crippen molar-refractivity contribution in [2.45, 2.75) is 21.8 Å². The van der Waals surface area contributed by atoms with Crippen LogP contribution >= 0.6 is 23.5 Å². The number of imidazole rings is 2. The molecule has 0 N–H and O–H groups in total. The van der Waals surface area contributed by atoms with Crippen molar-refractivity contribution in [1.29, 1.82) is 0 Å². The molecule has 454 valence electrons. The number of aromatic nitrogens is 4. The maximum atomic E-state index is 15.9. The topological polar surface area (TPSA) is 116 Å². The number of halogens is 6. The lowest BCUT2D eigenvalue weighted by atomic mass is 10.0. The number of benzene rings is 8. The predicted molar refractivity (Wildman–Crippen MR) is 329 cm³/mol. The van der Waals surface area contributed by atoms with Crippen LogP contribution in [0.2, 0.25) is 0 Å². The largest absolute Gasteiger partial charge is 0.494 e. The highest BCUT2D eigenvalue weighted by Crippen LogP contribution is 2.41. The van der Waals surface area contributed by atoms with Gasteiger partial charge in [0.25, 0.3) is 0 Å². The van der Waals surface area contributed by atoms with E-state index in [4.69, 9.17) is 37.9 Å². The van der Waals surface area contributed by atoms with Crippen molar-refractivity contribution >= 4 is 46.5 Å². The van der Waals surface area contributed by atoms with Crippen molar-refractivity contribution in [1.82, 2.24) is 19.1 Å². The molecule has 0 amide bonds. The zero-order valence-electron chi connectivity index (χ0n) is 48.9. The highest BCUT2D eigenvalue weighted by Gasteiger charge is 2.24. The maximum absolute atomic E-state index is 15.9. The van der Waals surface area contributed by atoms with Gasteiger partial charge in [-0.1, -0.05) is 47.8 Å². The molecule has 0 aliphatic carbocycles. The van der Waals surface area contributed by atoms with E-state index in [-0.39, 0.29) is 47.3 Å². The molecular formula is C66H58F6N6O8S2. The van der Waals surface area contributed by atoms with Crippen LogP contribution in [0.15, 0.2) is 168 Å². The first kappa shape index (κ1) is 61.5. The number of methoxy groups -OCH3 is 6. The van der Waals surface area contributed by atoms with Gasteiger partial charge in [-0.25, -0.2) is 36.3 Å². The molecule has 0 unspecified atom stereocenters. The monoisotopic (exact) mass is 1240 g/mol. The second kappa shape index (κ2) is 27.4. The molecule has 10 aromatic rings. The standard InChI is InChI=1S/C66H58F6N6O8S2/c1-75(43-15-23-57(79-3)61(31-43)83-7)63-35-73-65(77(63)45-13-21-51(67)59(33-45)81-5)87-37-49-53(69)27-41(28-54(49)70)39-9-17-47(18-10-39)85-25-26-86-48-19-11-40(12-20-48)42-29-55(71)50(56(72)30-42)38-88-66-74-36-64(78(66)46-14-22-52(68)60(34-46)82-6)76(2)44-16-24-58(80-4)62(32-44)84-8/h9-24,27-36H,25-26,37-38H2,1-8H3. The highest BCUT2D eigenvalue weighted by molar-refractivity contribution is 7.98. The van der Waals surface area contributed by atoms with E-state index in [0.717, 1.165) is 23.5 Å². The summed E-state index contributed by atoms with van der Waals surface area (Å²) < 4.78 is 141. The number of hydrogen-bond donors (Lipinski definition) is 0. The molecule has 0 spiro atoms. The smallest absolute Gasteiger partial charge is 0.174 e. The Bertz CT molecular complexity index is 3810. The van der Waals surface area contributed by atoms with E-state index in [1.807, 2.05) is 36.0 Å². The molecule has 0 saturated heterocycles. The van der Waals surface area contributed by atoms with Crippen LogP contribution in [0.1, 0.15) is 11.1 Å². The Labute approximate surface area is 512 Å². The third-order valence-electron chi connectivity index (χ3n) is 14.4. The van der Waals surface area contributed by atoms with E-state index in [9.17, 15) is 8.78 Å². The van der Waals surface area contributed by atoms with Crippen molar-refractivity contribution in [3.05, 3.63) is 204 Å². The van der Waals surface area contributed by atoms with Crippen molar-refractivity contribution < 1.29 is 64.2 Å². The molecule has 0 bridgehead atoms. The first-order valence-corrected chi connectivity index (χ1v) is 29.0. The summed E-state index contributed by atoms with van der Waals surface area (Å²) in [4.78, 5) is 12.9. The number of rotatable bonds is 25. The third-order valence-corrected chi connectivity index (χ3v) is 16.3. The Hall–Kier alpha value is -9.54. The lowest BCUT2D eigenvalue weighted by molar-refractivity contribution is 0.217. The Morgan fingerprint density at radius 3 is 1.07 bits per heavy atom. The van der Waals surface area contributed by atoms with Gasteiger partial charge in [0, 0.05) is 72.4 Å². The molecule has 88 heavy (non-hydrogen) atoms. The molecule has 0 fully saturated rings. The molecule has 14 nitrogen and oxygen atoms in total. The second-order valence-electron chi connectivity index (χ2n) is 19.5. The summed E-state index contributed by atoms with van der Waals surface area (Å²) in [6, 6.07) is 38.1. The molecule has 0 radical (unpaired) electrons. The SMILES string of the molecule is COc1cc(-n2c(N(C)c3ccc(OC)c(OC)c3)cnc2SCc2c(F)cc(-c3ccc(OCCOc4ccc(-c5cc(F)c(CSc6ncc(N(C)c7ccc(OC)c(OC)c7)n6-c6ccc(F)c(OC)c6)c(F)c5)cc4)cc3)cc2F)ccc1F. The second-order valence-corrected chi connectivity index (χ2v) is 21.3. The van der Waals surface area contributed by atoms with Crippen molar-refractivity contribution in [2.75, 3.05) is 79.8 Å². The molecular weight excluding hydrogens is 1180 g/mol. The van der Waals surface area contributed by atoms with Gasteiger partial charge in [-0.15, -0.1) is 0 Å². The highest BCUT2D eigenvalue weighted by atomic mass is 32.2. The van der Waals surface area contributed by atoms with Crippen LogP contribution in [-0.4, -0.2) is 89.1 Å². The fourth-order valence-corrected chi connectivity index (χ4v) is 11.6. The lowest BCUT2D eigenvalue weighted by Crippen LogP contribution is -2.14. The van der Waals surface area contributed by atoms with Gasteiger partial charge in [0.2, 0.25) is 0 Å². The molecule has 22 heteroatoms. The summed E-state index contributed by atoms with van der Waals surface area (Å²) in [5.41, 5.74) is 3.85. The van der Waals surface area contributed by atoms with E-state index in [0.29, 0.717) is 101 Å². The van der Waals surface area contributed by atoms with E-state index in [1.54, 1.807) is 121 Å². The van der Waals surface area contributed by atoms with Crippen molar-refractivity contribution in [3.63, 3.8) is 0 Å². The number of nitrogens with zero attached hydrogens (tertiary/aromatic N) is 6. The first-order valence-electron chi connectivity index (χ1n) is 27.1. The van der Waals surface area contributed by atoms with E-state index >= 15 is 17.6 Å². The number of anilines is 4. The molecule has 0 aliphatic heterocycles. The first-order chi connectivity index (χ1) is 42.6. The third kappa shape index (κ3) is 13.2. The number of thioether (sulfide) groups is 2. The summed E-state index contributed by atoms with van der Waals surface area (Å²) in [6.45, 7) is 0.309. The Morgan fingerprint density at radius 2 is 0.727 bits per heavy atom. The maximum Gasteiger partial charge on any atom is 0.174 e. The van der Waals surface area contributed by atoms with Crippen molar-refractivity contribution in [2.24, 2.45) is 0 Å². The zero-order valence-corrected chi connectivity index (χ0v) is 50.5. The van der Waals surface area contributed by atoms with Crippen LogP contribution in [-0.2, 0) is 11.5 Å². The Balaban J connectivity index is 0.748. The number of hydrogen-bond acceptors (Lipinski definition) is 14. The van der Waals surface area contributed by atoms with Crippen LogP contribution in [0.3, 0.4) is 0 Å². The average Bonchev–Trinajstić information content (AvgIpc) is 2.53. The fraction of sp³-hybridized carbons (Fsp3) is 0.182. The Kier molecular flexibility index (Phi) is 19.2. The van der Waals surface area contributed by atoms with E-state index < -0.39 is 34.9 Å². The van der Waals surface area contributed by atoms with E-state index in [1.165, 1.54) is 77.0 Å². The van der Waals surface area contributed by atoms with Gasteiger partial charge in [-0.05, 0) is 119 Å². The van der Waals surface area contributed by atoms with Gasteiger partial charge in [-0.3, -0.25) is 9.13 Å². The summed E-state index contributed by atoms with van der Waals surface area (Å²) in [7, 11) is 12.5. The van der Waals surface area contributed by atoms with Gasteiger partial charge in [-0.2, -0.15) is 0 Å². The predicted octanol–water partition coefficient (Wildman–Crippen LogP) is 15.9. The quantitative estimate of drug-likeness (QED) is 0.0307. The number of ether oxygens (including phenoxy) is 8. The van der Waals surface area contributed by atoms with Crippen LogP contribution in [0.25, 0.3) is 33.6 Å². The summed E-state index contributed by atoms with van der Waals surface area (Å²) >= 11 is 2.20. The average molecular weight is 1240 g/mol. The molecule has 0 aliphatic rings. The van der Waals surface area contributed by atoms with Crippen molar-refractivity contribution in [3.8, 4) is 79.6 Å². The summed E-state index contributed by atoms with van der Waals surface area (Å²) in [5, 5.41) is 0.755. The van der Waals surface area contributed by atoms with Gasteiger partial charge >= 0.3 is 0 Å². The van der Waals surface area contributed by atoms with E-state index in [2.05, 4.69) is 9.97 Å². The van der Waals surface area contributed by atoms with Crippen LogP contribution in [0, 0.1) is 34.9 Å². The minimum atomic E-state index is -0.749. The lowest BCUT2D eigenvalue weighted by Gasteiger charge is -2.23. The minimum absolute atomic E-state index is 0.00168. The Morgan fingerprint density at radius 1 is 0.375 bits per heavy atom. The fourth-order valence-electron chi connectivity index (χ4n) is 9.62.